The summed E-state index contributed by atoms with van der Waals surface area (Å²) in [5.74, 6) is -0.299. The maximum absolute atomic E-state index is 12.6. The van der Waals surface area contributed by atoms with Gasteiger partial charge in [-0.25, -0.2) is 0 Å². The van der Waals surface area contributed by atoms with E-state index in [-0.39, 0.29) is 22.0 Å². The number of halogens is 2. The van der Waals surface area contributed by atoms with Gasteiger partial charge in [0.2, 0.25) is 0 Å². The number of methoxy groups -OCH3 is 1. The highest BCUT2D eigenvalue weighted by Crippen LogP contribution is 2.30. The summed E-state index contributed by atoms with van der Waals surface area (Å²) in [6.07, 6.45) is 1.45. The normalized spacial score (nSPS) is 15.4. The zero-order chi connectivity index (χ0) is 22.6. The van der Waals surface area contributed by atoms with Crippen LogP contribution < -0.4 is 14.8 Å². The second-order valence-corrected chi connectivity index (χ2v) is 8.33. The van der Waals surface area contributed by atoms with Crippen molar-refractivity contribution in [2.75, 3.05) is 26.0 Å². The molecule has 1 N–H and O–H groups in total. The fraction of sp³-hybridized carbons (Fsp3) is 0.300. The molecule has 0 radical (unpaired) electrons. The number of amides is 1. The number of hydrogen-bond acceptors (Lipinski definition) is 5. The standard InChI is InChI=1S/C20H21F2N3O5S/c1-25-11-3-4-18(25)24-31(27,28)15-8-6-14(7-9-15)23-19(26)13-5-10-16(29-2)17(12-13)30-20(21)22/h5-10,12,20H,3-4,11H2,1-2H3,(H,23,26). The molecule has 0 unspecified atom stereocenters. The molecule has 0 atom stereocenters. The minimum Gasteiger partial charge on any atom is -0.493 e. The van der Waals surface area contributed by atoms with Crippen LogP contribution >= 0.6 is 0 Å². The second kappa shape index (κ2) is 9.29. The Hall–Kier alpha value is -3.21. The van der Waals surface area contributed by atoms with Crippen LogP contribution in [0.5, 0.6) is 11.5 Å². The van der Waals surface area contributed by atoms with Crippen LogP contribution in [0.2, 0.25) is 0 Å². The SMILES string of the molecule is COc1ccc(C(=O)Nc2ccc(S(=O)(=O)N=C3CCCN3C)cc2)cc1OC(F)F. The Kier molecular flexibility index (Phi) is 6.74. The van der Waals surface area contributed by atoms with Crippen LogP contribution in [0.1, 0.15) is 23.2 Å². The number of amidine groups is 1. The number of rotatable bonds is 7. The van der Waals surface area contributed by atoms with Crippen molar-refractivity contribution in [3.63, 3.8) is 0 Å². The van der Waals surface area contributed by atoms with Crippen LogP contribution in [0.3, 0.4) is 0 Å². The number of ether oxygens (including phenoxy) is 2. The van der Waals surface area contributed by atoms with Gasteiger partial charge in [-0.05, 0) is 48.9 Å². The van der Waals surface area contributed by atoms with Crippen LogP contribution in [-0.2, 0) is 10.0 Å². The topological polar surface area (TPSA) is 97.3 Å². The number of alkyl halides is 2. The molecule has 1 heterocycles. The average Bonchev–Trinajstić information content (AvgIpc) is 3.11. The summed E-state index contributed by atoms with van der Waals surface area (Å²) in [5.41, 5.74) is 0.380. The summed E-state index contributed by atoms with van der Waals surface area (Å²) < 4.78 is 63.3. The number of carbonyl (C=O) groups is 1. The lowest BCUT2D eigenvalue weighted by Crippen LogP contribution is -2.20. The zero-order valence-corrected chi connectivity index (χ0v) is 17.7. The fourth-order valence-corrected chi connectivity index (χ4v) is 4.11. The molecule has 0 aliphatic carbocycles. The monoisotopic (exact) mass is 453 g/mol. The summed E-state index contributed by atoms with van der Waals surface area (Å²) >= 11 is 0. The predicted molar refractivity (Wildman–Crippen MR) is 111 cm³/mol. The molecule has 3 rings (SSSR count). The van der Waals surface area contributed by atoms with E-state index in [9.17, 15) is 22.0 Å². The van der Waals surface area contributed by atoms with Gasteiger partial charge in [-0.1, -0.05) is 0 Å². The molecule has 8 nitrogen and oxygen atoms in total. The van der Waals surface area contributed by atoms with E-state index in [0.717, 1.165) is 19.0 Å². The fourth-order valence-electron chi connectivity index (χ4n) is 3.02. The Morgan fingerprint density at radius 2 is 1.87 bits per heavy atom. The first kappa shape index (κ1) is 22.5. The highest BCUT2D eigenvalue weighted by molar-refractivity contribution is 7.90. The van der Waals surface area contributed by atoms with E-state index < -0.39 is 22.5 Å². The van der Waals surface area contributed by atoms with E-state index in [1.807, 2.05) is 0 Å². The Morgan fingerprint density at radius 3 is 2.45 bits per heavy atom. The van der Waals surface area contributed by atoms with Gasteiger partial charge in [0, 0.05) is 31.3 Å². The van der Waals surface area contributed by atoms with Gasteiger partial charge in [0.15, 0.2) is 11.5 Å². The lowest BCUT2D eigenvalue weighted by molar-refractivity contribution is -0.0512. The zero-order valence-electron chi connectivity index (χ0n) is 16.8. The lowest BCUT2D eigenvalue weighted by atomic mass is 10.2. The number of anilines is 1. The van der Waals surface area contributed by atoms with Gasteiger partial charge >= 0.3 is 6.61 Å². The first-order valence-electron chi connectivity index (χ1n) is 9.29. The molecule has 2 aromatic rings. The molecule has 31 heavy (non-hydrogen) atoms. The van der Waals surface area contributed by atoms with E-state index in [2.05, 4.69) is 14.5 Å². The quantitative estimate of drug-likeness (QED) is 0.691. The highest BCUT2D eigenvalue weighted by atomic mass is 32.2. The van der Waals surface area contributed by atoms with Crippen LogP contribution in [0.4, 0.5) is 14.5 Å². The molecule has 0 saturated carbocycles. The average molecular weight is 453 g/mol. The number of nitrogens with one attached hydrogen (secondary N) is 1. The van der Waals surface area contributed by atoms with Crippen molar-refractivity contribution in [2.45, 2.75) is 24.3 Å². The van der Waals surface area contributed by atoms with Gasteiger partial charge in [0.05, 0.1) is 12.0 Å². The third-order valence-corrected chi connectivity index (χ3v) is 5.93. The first-order chi connectivity index (χ1) is 14.7. The largest absolute Gasteiger partial charge is 0.493 e. The summed E-state index contributed by atoms with van der Waals surface area (Å²) in [7, 11) is -0.788. The van der Waals surface area contributed by atoms with Crippen molar-refractivity contribution in [3.05, 3.63) is 48.0 Å². The smallest absolute Gasteiger partial charge is 0.387 e. The van der Waals surface area contributed by atoms with Crippen LogP contribution in [0.15, 0.2) is 51.8 Å². The minimum atomic E-state index is -3.87. The molecule has 2 aromatic carbocycles. The summed E-state index contributed by atoms with van der Waals surface area (Å²) in [6, 6.07) is 9.37. The third-order valence-electron chi connectivity index (χ3n) is 4.61. The van der Waals surface area contributed by atoms with Crippen molar-refractivity contribution < 1.29 is 31.5 Å². The van der Waals surface area contributed by atoms with Gasteiger partial charge in [-0.15, -0.1) is 4.40 Å². The maximum atomic E-state index is 12.6. The van der Waals surface area contributed by atoms with E-state index >= 15 is 0 Å². The van der Waals surface area contributed by atoms with Crippen molar-refractivity contribution in [2.24, 2.45) is 4.40 Å². The molecular weight excluding hydrogens is 432 g/mol. The summed E-state index contributed by atoms with van der Waals surface area (Å²) in [5, 5.41) is 2.57. The number of carbonyl (C=O) groups excluding carboxylic acids is 1. The van der Waals surface area contributed by atoms with E-state index in [1.165, 1.54) is 43.5 Å². The van der Waals surface area contributed by atoms with Crippen LogP contribution in [0.25, 0.3) is 0 Å². The Morgan fingerprint density at radius 1 is 1.16 bits per heavy atom. The molecule has 1 amide bonds. The third kappa shape index (κ3) is 5.48. The van der Waals surface area contributed by atoms with Crippen LogP contribution in [-0.4, -0.2) is 52.4 Å². The highest BCUT2D eigenvalue weighted by Gasteiger charge is 2.20. The Balaban J connectivity index is 1.74. The molecule has 0 spiro atoms. The number of nitrogens with zero attached hydrogens (tertiary/aromatic N) is 2. The van der Waals surface area contributed by atoms with Crippen molar-refractivity contribution in [3.8, 4) is 11.5 Å². The summed E-state index contributed by atoms with van der Waals surface area (Å²) in [6.45, 7) is -2.32. The van der Waals surface area contributed by atoms with Gasteiger partial charge in [-0.3, -0.25) is 4.79 Å². The molecule has 1 fully saturated rings. The molecule has 1 saturated heterocycles. The summed E-state index contributed by atoms with van der Waals surface area (Å²) in [4.78, 5) is 14.3. The van der Waals surface area contributed by atoms with Gasteiger partial charge < -0.3 is 19.7 Å². The van der Waals surface area contributed by atoms with E-state index in [4.69, 9.17) is 4.74 Å². The van der Waals surface area contributed by atoms with Gasteiger partial charge in [-0.2, -0.15) is 17.2 Å². The Bertz CT molecular complexity index is 1090. The van der Waals surface area contributed by atoms with Crippen LogP contribution in [0, 0.1) is 0 Å². The molecule has 0 bridgehead atoms. The van der Waals surface area contributed by atoms with E-state index in [0.29, 0.717) is 17.9 Å². The van der Waals surface area contributed by atoms with Crippen molar-refractivity contribution >= 4 is 27.5 Å². The number of hydrogen-bond donors (Lipinski definition) is 1. The van der Waals surface area contributed by atoms with E-state index in [1.54, 1.807) is 11.9 Å². The molecule has 1 aliphatic heterocycles. The molecule has 11 heteroatoms. The van der Waals surface area contributed by atoms with Crippen molar-refractivity contribution in [1.82, 2.24) is 4.90 Å². The first-order valence-corrected chi connectivity index (χ1v) is 10.7. The Labute approximate surface area is 178 Å². The number of sulfonamides is 1. The van der Waals surface area contributed by atoms with Gasteiger partial charge in [0.25, 0.3) is 15.9 Å². The molecule has 0 aromatic heterocycles. The molecule has 1 aliphatic rings. The maximum Gasteiger partial charge on any atom is 0.387 e. The van der Waals surface area contributed by atoms with Crippen molar-refractivity contribution in [1.29, 1.82) is 0 Å². The molecule has 166 valence electrons. The predicted octanol–water partition coefficient (Wildman–Crippen LogP) is 3.36. The lowest BCUT2D eigenvalue weighted by Gasteiger charge is -2.12. The number of benzene rings is 2. The second-order valence-electron chi connectivity index (χ2n) is 6.73. The van der Waals surface area contributed by atoms with Gasteiger partial charge in [0.1, 0.15) is 5.84 Å². The minimum absolute atomic E-state index is 0.00429. The number of likely N-dealkylation sites (tertiary alicyclic amines) is 1. The molecular formula is C20H21F2N3O5S.